The number of pyridine rings is 1. The van der Waals surface area contributed by atoms with Gasteiger partial charge in [-0.1, -0.05) is 12.1 Å². The van der Waals surface area contributed by atoms with Crippen molar-refractivity contribution in [2.45, 2.75) is 25.2 Å². The summed E-state index contributed by atoms with van der Waals surface area (Å²) in [6.07, 6.45) is 6.21. The molecular formula is C19H18N4O2. The maximum Gasteiger partial charge on any atom is 0.232 e. The normalized spacial score (nSPS) is 16.1. The number of carbonyl (C=O) groups excluding carboxylic acids is 1. The predicted octanol–water partition coefficient (Wildman–Crippen LogP) is 3.66. The molecule has 6 nitrogen and oxygen atoms in total. The zero-order valence-electron chi connectivity index (χ0n) is 13.6. The van der Waals surface area contributed by atoms with E-state index in [2.05, 4.69) is 20.5 Å². The average Bonchev–Trinajstić information content (AvgIpc) is 3.11. The van der Waals surface area contributed by atoms with Gasteiger partial charge in [0.2, 0.25) is 11.8 Å². The van der Waals surface area contributed by atoms with Crippen LogP contribution in [0, 0.1) is 0 Å². The molecule has 0 fully saturated rings. The van der Waals surface area contributed by atoms with Crippen LogP contribution in [0.15, 0.2) is 54.9 Å². The first-order chi connectivity index (χ1) is 12.3. The van der Waals surface area contributed by atoms with E-state index in [0.717, 1.165) is 30.5 Å². The smallest absolute Gasteiger partial charge is 0.232 e. The number of aryl methyl sites for hydroxylation is 1. The molecule has 1 amide bonds. The van der Waals surface area contributed by atoms with Crippen LogP contribution in [0.2, 0.25) is 0 Å². The minimum absolute atomic E-state index is 0.0164. The zero-order chi connectivity index (χ0) is 17.1. The number of hydrogen-bond acceptors (Lipinski definition) is 4. The fourth-order valence-electron chi connectivity index (χ4n) is 3.13. The minimum atomic E-state index is -0.164. The Morgan fingerprint density at radius 3 is 3.08 bits per heavy atom. The number of aromatic nitrogens is 3. The van der Waals surface area contributed by atoms with Gasteiger partial charge in [0, 0.05) is 35.3 Å². The highest BCUT2D eigenvalue weighted by molar-refractivity contribution is 5.96. The Morgan fingerprint density at radius 2 is 2.20 bits per heavy atom. The average molecular weight is 334 g/mol. The molecule has 1 aliphatic carbocycles. The molecule has 4 rings (SSSR count). The Hall–Kier alpha value is -3.15. The van der Waals surface area contributed by atoms with Gasteiger partial charge in [-0.25, -0.2) is 4.98 Å². The van der Waals surface area contributed by atoms with Crippen molar-refractivity contribution in [2.24, 2.45) is 0 Å². The summed E-state index contributed by atoms with van der Waals surface area (Å²) >= 11 is 0. The van der Waals surface area contributed by atoms with Crippen molar-refractivity contribution in [1.29, 1.82) is 0 Å². The third-order valence-corrected chi connectivity index (χ3v) is 4.32. The van der Waals surface area contributed by atoms with Crippen LogP contribution in [0.4, 0.5) is 5.69 Å². The van der Waals surface area contributed by atoms with E-state index in [4.69, 9.17) is 4.74 Å². The summed E-state index contributed by atoms with van der Waals surface area (Å²) in [4.78, 5) is 16.8. The molecular weight excluding hydrogens is 316 g/mol. The van der Waals surface area contributed by atoms with Crippen LogP contribution in [0.25, 0.3) is 0 Å². The number of carbonyl (C=O) groups is 1. The summed E-state index contributed by atoms with van der Waals surface area (Å²) in [5, 5.41) is 10.0. The van der Waals surface area contributed by atoms with Gasteiger partial charge in [-0.05, 0) is 37.5 Å². The second-order valence-electron chi connectivity index (χ2n) is 6.04. The van der Waals surface area contributed by atoms with Crippen molar-refractivity contribution < 1.29 is 9.53 Å². The van der Waals surface area contributed by atoms with E-state index in [1.54, 1.807) is 24.5 Å². The highest BCUT2D eigenvalue weighted by atomic mass is 16.5. The minimum Gasteiger partial charge on any atom is -0.439 e. The molecule has 1 aliphatic rings. The molecule has 25 heavy (non-hydrogen) atoms. The standard InChI is InChI=1S/C19H18N4O2/c24-19(15-7-4-8-17-16(15)12-21-23-17)22-13-5-3-6-14(11-13)25-18-9-1-2-10-20-18/h1-3,5-6,9-12,15H,4,7-8H2,(H,21,23)(H,22,24). The van der Waals surface area contributed by atoms with Crippen LogP contribution in [0.3, 0.4) is 0 Å². The van der Waals surface area contributed by atoms with E-state index < -0.39 is 0 Å². The third-order valence-electron chi connectivity index (χ3n) is 4.32. The Morgan fingerprint density at radius 1 is 1.24 bits per heavy atom. The van der Waals surface area contributed by atoms with Crippen molar-refractivity contribution in [2.75, 3.05) is 5.32 Å². The van der Waals surface area contributed by atoms with Gasteiger partial charge in [0.05, 0.1) is 12.1 Å². The Labute approximate surface area is 145 Å². The summed E-state index contributed by atoms with van der Waals surface area (Å²) in [6.45, 7) is 0. The lowest BCUT2D eigenvalue weighted by Gasteiger charge is -2.21. The predicted molar refractivity (Wildman–Crippen MR) is 93.6 cm³/mol. The Bertz CT molecular complexity index is 876. The monoisotopic (exact) mass is 334 g/mol. The molecule has 1 atom stereocenters. The fraction of sp³-hybridized carbons (Fsp3) is 0.211. The lowest BCUT2D eigenvalue weighted by atomic mass is 9.86. The Kier molecular flexibility index (Phi) is 4.16. The number of nitrogens with zero attached hydrogens (tertiary/aromatic N) is 2. The van der Waals surface area contributed by atoms with E-state index in [0.29, 0.717) is 17.3 Å². The van der Waals surface area contributed by atoms with Crippen LogP contribution >= 0.6 is 0 Å². The van der Waals surface area contributed by atoms with E-state index in [-0.39, 0.29) is 11.8 Å². The molecule has 2 N–H and O–H groups in total. The molecule has 1 aromatic carbocycles. The van der Waals surface area contributed by atoms with Gasteiger partial charge in [-0.3, -0.25) is 9.89 Å². The highest BCUT2D eigenvalue weighted by Gasteiger charge is 2.28. The van der Waals surface area contributed by atoms with Crippen LogP contribution in [-0.2, 0) is 11.2 Å². The van der Waals surface area contributed by atoms with E-state index in [1.807, 2.05) is 30.3 Å². The highest BCUT2D eigenvalue weighted by Crippen LogP contribution is 2.31. The summed E-state index contributed by atoms with van der Waals surface area (Å²) in [5.41, 5.74) is 2.78. The largest absolute Gasteiger partial charge is 0.439 e. The van der Waals surface area contributed by atoms with Crippen molar-refractivity contribution in [3.05, 3.63) is 66.1 Å². The van der Waals surface area contributed by atoms with Gasteiger partial charge in [0.1, 0.15) is 5.75 Å². The summed E-state index contributed by atoms with van der Waals surface area (Å²) in [5.74, 6) is 0.964. The van der Waals surface area contributed by atoms with Crippen molar-refractivity contribution in [1.82, 2.24) is 15.2 Å². The molecule has 0 aliphatic heterocycles. The maximum absolute atomic E-state index is 12.7. The molecule has 0 radical (unpaired) electrons. The number of nitrogens with one attached hydrogen (secondary N) is 2. The number of benzene rings is 1. The molecule has 6 heteroatoms. The van der Waals surface area contributed by atoms with Crippen LogP contribution < -0.4 is 10.1 Å². The number of amides is 1. The lowest BCUT2D eigenvalue weighted by molar-refractivity contribution is -0.117. The van der Waals surface area contributed by atoms with Crippen LogP contribution in [-0.4, -0.2) is 21.1 Å². The fourth-order valence-corrected chi connectivity index (χ4v) is 3.13. The maximum atomic E-state index is 12.7. The first-order valence-electron chi connectivity index (χ1n) is 8.31. The topological polar surface area (TPSA) is 79.9 Å². The molecule has 1 unspecified atom stereocenters. The van der Waals surface area contributed by atoms with Gasteiger partial charge in [0.25, 0.3) is 0 Å². The number of rotatable bonds is 4. The number of aromatic amines is 1. The molecule has 126 valence electrons. The quantitative estimate of drug-likeness (QED) is 0.763. The summed E-state index contributed by atoms with van der Waals surface area (Å²) in [7, 11) is 0. The van der Waals surface area contributed by atoms with Crippen molar-refractivity contribution in [3.8, 4) is 11.6 Å². The second-order valence-corrected chi connectivity index (χ2v) is 6.04. The van der Waals surface area contributed by atoms with Crippen molar-refractivity contribution >= 4 is 11.6 Å². The van der Waals surface area contributed by atoms with Gasteiger partial charge in [0.15, 0.2) is 0 Å². The number of H-pyrrole nitrogens is 1. The van der Waals surface area contributed by atoms with Gasteiger partial charge in [-0.2, -0.15) is 5.10 Å². The van der Waals surface area contributed by atoms with Crippen molar-refractivity contribution in [3.63, 3.8) is 0 Å². The molecule has 3 aromatic rings. The number of fused-ring (bicyclic) bond motifs is 1. The summed E-state index contributed by atoms with van der Waals surface area (Å²) < 4.78 is 5.71. The van der Waals surface area contributed by atoms with E-state index in [1.165, 1.54) is 0 Å². The molecule has 0 bridgehead atoms. The molecule has 2 aromatic heterocycles. The lowest BCUT2D eigenvalue weighted by Crippen LogP contribution is -2.24. The summed E-state index contributed by atoms with van der Waals surface area (Å²) in [6, 6.07) is 12.8. The van der Waals surface area contributed by atoms with E-state index in [9.17, 15) is 4.79 Å². The van der Waals surface area contributed by atoms with E-state index >= 15 is 0 Å². The third kappa shape index (κ3) is 3.38. The number of hydrogen-bond donors (Lipinski definition) is 2. The van der Waals surface area contributed by atoms with Gasteiger partial charge >= 0.3 is 0 Å². The number of anilines is 1. The molecule has 0 spiro atoms. The van der Waals surface area contributed by atoms with Gasteiger partial charge < -0.3 is 10.1 Å². The van der Waals surface area contributed by atoms with Crippen LogP contribution in [0.1, 0.15) is 30.0 Å². The Balaban J connectivity index is 1.48. The first-order valence-corrected chi connectivity index (χ1v) is 8.31. The SMILES string of the molecule is O=C(Nc1cccc(Oc2ccccn2)c1)C1CCCc2[nH]ncc21. The van der Waals surface area contributed by atoms with Crippen LogP contribution in [0.5, 0.6) is 11.6 Å². The molecule has 2 heterocycles. The molecule has 0 saturated carbocycles. The second kappa shape index (κ2) is 6.76. The zero-order valence-corrected chi connectivity index (χ0v) is 13.6. The number of ether oxygens (including phenoxy) is 1. The first kappa shape index (κ1) is 15.4. The molecule has 0 saturated heterocycles. The van der Waals surface area contributed by atoms with Gasteiger partial charge in [-0.15, -0.1) is 0 Å².